The van der Waals surface area contributed by atoms with Gasteiger partial charge in [-0.3, -0.25) is 4.79 Å². The summed E-state index contributed by atoms with van der Waals surface area (Å²) in [6.07, 6.45) is 4.75. The van der Waals surface area contributed by atoms with Gasteiger partial charge in [-0.2, -0.15) is 0 Å². The monoisotopic (exact) mass is 259 g/mol. The molecule has 0 radical (unpaired) electrons. The van der Waals surface area contributed by atoms with Gasteiger partial charge in [0.15, 0.2) is 5.76 Å². The summed E-state index contributed by atoms with van der Waals surface area (Å²) in [6.45, 7) is 2.35. The average Bonchev–Trinajstić information content (AvgIpc) is 2.98. The van der Waals surface area contributed by atoms with E-state index in [4.69, 9.17) is 9.15 Å². The average molecular weight is 259 g/mol. The zero-order valence-corrected chi connectivity index (χ0v) is 10.3. The van der Waals surface area contributed by atoms with Gasteiger partial charge in [0.1, 0.15) is 12.1 Å². The highest BCUT2D eigenvalue weighted by molar-refractivity contribution is 5.92. The SMILES string of the molecule is O=C(c1ccc(-c2cncnc2)o1)N1CCOCC1. The number of hydrogen-bond donors (Lipinski definition) is 0. The predicted octanol–water partition coefficient (Wildman–Crippen LogP) is 1.21. The molecule has 98 valence electrons. The van der Waals surface area contributed by atoms with Crippen molar-refractivity contribution in [2.45, 2.75) is 0 Å². The van der Waals surface area contributed by atoms with Crippen LogP contribution in [-0.2, 0) is 4.74 Å². The zero-order valence-electron chi connectivity index (χ0n) is 10.3. The van der Waals surface area contributed by atoms with Crippen LogP contribution in [-0.4, -0.2) is 47.1 Å². The molecule has 1 fully saturated rings. The maximum absolute atomic E-state index is 12.2. The lowest BCUT2D eigenvalue weighted by atomic mass is 10.3. The maximum Gasteiger partial charge on any atom is 0.289 e. The molecule has 6 nitrogen and oxygen atoms in total. The van der Waals surface area contributed by atoms with Gasteiger partial charge < -0.3 is 14.1 Å². The zero-order chi connectivity index (χ0) is 13.1. The van der Waals surface area contributed by atoms with Gasteiger partial charge in [-0.25, -0.2) is 9.97 Å². The number of ether oxygens (including phenoxy) is 1. The number of amides is 1. The van der Waals surface area contributed by atoms with Crippen LogP contribution in [0.4, 0.5) is 0 Å². The Labute approximate surface area is 110 Å². The van der Waals surface area contributed by atoms with Crippen molar-refractivity contribution in [3.8, 4) is 11.3 Å². The molecule has 1 aliphatic heterocycles. The second kappa shape index (κ2) is 5.19. The third-order valence-corrected chi connectivity index (χ3v) is 2.96. The minimum absolute atomic E-state index is 0.105. The Balaban J connectivity index is 1.79. The van der Waals surface area contributed by atoms with Gasteiger partial charge in [0.2, 0.25) is 0 Å². The first kappa shape index (κ1) is 11.9. The first-order chi connectivity index (χ1) is 9.34. The van der Waals surface area contributed by atoms with E-state index in [1.54, 1.807) is 29.4 Å². The van der Waals surface area contributed by atoms with E-state index in [9.17, 15) is 4.79 Å². The fourth-order valence-electron chi connectivity index (χ4n) is 1.96. The standard InChI is InChI=1S/C13H13N3O3/c17-13(16-3-5-18-6-4-16)12-2-1-11(19-12)10-7-14-9-15-8-10/h1-2,7-9H,3-6H2. The van der Waals surface area contributed by atoms with Crippen LogP contribution in [0.25, 0.3) is 11.3 Å². The van der Waals surface area contributed by atoms with Crippen LogP contribution < -0.4 is 0 Å². The van der Waals surface area contributed by atoms with Crippen LogP contribution in [0.3, 0.4) is 0 Å². The summed E-state index contributed by atoms with van der Waals surface area (Å²) in [4.78, 5) is 21.8. The van der Waals surface area contributed by atoms with Crippen LogP contribution >= 0.6 is 0 Å². The van der Waals surface area contributed by atoms with Crippen LogP contribution in [0.15, 0.2) is 35.3 Å². The highest BCUT2D eigenvalue weighted by atomic mass is 16.5. The molecule has 1 aliphatic rings. The van der Waals surface area contributed by atoms with Gasteiger partial charge in [0, 0.05) is 25.5 Å². The fourth-order valence-corrected chi connectivity index (χ4v) is 1.96. The molecule has 1 amide bonds. The molecule has 0 saturated carbocycles. The van der Waals surface area contributed by atoms with E-state index < -0.39 is 0 Å². The molecule has 1 saturated heterocycles. The normalized spacial score (nSPS) is 15.5. The summed E-state index contributed by atoms with van der Waals surface area (Å²) in [5, 5.41) is 0. The number of rotatable bonds is 2. The highest BCUT2D eigenvalue weighted by Crippen LogP contribution is 2.21. The van der Waals surface area contributed by atoms with Crippen LogP contribution in [0.1, 0.15) is 10.6 Å². The van der Waals surface area contributed by atoms with E-state index in [0.29, 0.717) is 37.8 Å². The minimum Gasteiger partial charge on any atom is -0.451 e. The van der Waals surface area contributed by atoms with Crippen molar-refractivity contribution in [2.75, 3.05) is 26.3 Å². The van der Waals surface area contributed by atoms with E-state index in [0.717, 1.165) is 5.56 Å². The van der Waals surface area contributed by atoms with Gasteiger partial charge in [0.25, 0.3) is 5.91 Å². The third kappa shape index (κ3) is 2.48. The van der Waals surface area contributed by atoms with E-state index in [2.05, 4.69) is 9.97 Å². The van der Waals surface area contributed by atoms with E-state index >= 15 is 0 Å². The van der Waals surface area contributed by atoms with Gasteiger partial charge in [-0.1, -0.05) is 0 Å². The number of carbonyl (C=O) groups is 1. The number of morpholine rings is 1. The molecule has 0 N–H and O–H groups in total. The quantitative estimate of drug-likeness (QED) is 0.810. The summed E-state index contributed by atoms with van der Waals surface area (Å²) in [7, 11) is 0. The smallest absolute Gasteiger partial charge is 0.289 e. The van der Waals surface area contributed by atoms with Gasteiger partial charge >= 0.3 is 0 Å². The molecular formula is C13H13N3O3. The van der Waals surface area contributed by atoms with Crippen LogP contribution in [0, 0.1) is 0 Å². The Kier molecular flexibility index (Phi) is 3.24. The Hall–Kier alpha value is -2.21. The Morgan fingerprint density at radius 2 is 1.89 bits per heavy atom. The van der Waals surface area contributed by atoms with E-state index in [-0.39, 0.29) is 5.91 Å². The summed E-state index contributed by atoms with van der Waals surface area (Å²) in [5.74, 6) is 0.823. The van der Waals surface area contributed by atoms with E-state index in [1.807, 2.05) is 0 Å². The molecule has 0 aliphatic carbocycles. The van der Waals surface area contributed by atoms with Crippen molar-refractivity contribution in [3.05, 3.63) is 36.6 Å². The second-order valence-corrected chi connectivity index (χ2v) is 4.20. The topological polar surface area (TPSA) is 68.5 Å². The predicted molar refractivity (Wildman–Crippen MR) is 66.5 cm³/mol. The molecule has 0 unspecified atom stereocenters. The van der Waals surface area contributed by atoms with Crippen molar-refractivity contribution in [1.82, 2.24) is 14.9 Å². The second-order valence-electron chi connectivity index (χ2n) is 4.20. The number of carbonyl (C=O) groups excluding carboxylic acids is 1. The lowest BCUT2D eigenvalue weighted by Crippen LogP contribution is -2.40. The molecule has 6 heteroatoms. The minimum atomic E-state index is -0.105. The first-order valence-electron chi connectivity index (χ1n) is 6.07. The highest BCUT2D eigenvalue weighted by Gasteiger charge is 2.21. The van der Waals surface area contributed by atoms with Crippen molar-refractivity contribution in [1.29, 1.82) is 0 Å². The Morgan fingerprint density at radius 3 is 2.63 bits per heavy atom. The van der Waals surface area contributed by atoms with Crippen molar-refractivity contribution in [3.63, 3.8) is 0 Å². The molecule has 2 aromatic heterocycles. The van der Waals surface area contributed by atoms with Crippen LogP contribution in [0.5, 0.6) is 0 Å². The number of hydrogen-bond acceptors (Lipinski definition) is 5. The maximum atomic E-state index is 12.2. The molecule has 0 aromatic carbocycles. The molecule has 19 heavy (non-hydrogen) atoms. The van der Waals surface area contributed by atoms with E-state index in [1.165, 1.54) is 6.33 Å². The summed E-state index contributed by atoms with van der Waals surface area (Å²) < 4.78 is 10.8. The van der Waals surface area contributed by atoms with Gasteiger partial charge in [0.05, 0.1) is 18.8 Å². The Bertz CT molecular complexity index is 562. The molecule has 0 atom stereocenters. The van der Waals surface area contributed by atoms with Gasteiger partial charge in [-0.15, -0.1) is 0 Å². The first-order valence-corrected chi connectivity index (χ1v) is 6.07. The molecule has 3 heterocycles. The third-order valence-electron chi connectivity index (χ3n) is 2.96. The molecule has 0 spiro atoms. The van der Waals surface area contributed by atoms with Crippen molar-refractivity contribution >= 4 is 5.91 Å². The number of aromatic nitrogens is 2. The molecule has 3 rings (SSSR count). The fraction of sp³-hybridized carbons (Fsp3) is 0.308. The molecule has 2 aromatic rings. The van der Waals surface area contributed by atoms with Crippen molar-refractivity contribution < 1.29 is 13.9 Å². The largest absolute Gasteiger partial charge is 0.451 e. The molecule has 0 bridgehead atoms. The van der Waals surface area contributed by atoms with Crippen LogP contribution in [0.2, 0.25) is 0 Å². The lowest BCUT2D eigenvalue weighted by Gasteiger charge is -2.25. The number of nitrogens with zero attached hydrogens (tertiary/aromatic N) is 3. The summed E-state index contributed by atoms with van der Waals surface area (Å²) in [5.41, 5.74) is 0.753. The summed E-state index contributed by atoms with van der Waals surface area (Å²) in [6, 6.07) is 3.44. The Morgan fingerprint density at radius 1 is 1.16 bits per heavy atom. The number of furan rings is 1. The molecular weight excluding hydrogens is 246 g/mol. The van der Waals surface area contributed by atoms with Gasteiger partial charge in [-0.05, 0) is 12.1 Å². The van der Waals surface area contributed by atoms with Crippen molar-refractivity contribution in [2.24, 2.45) is 0 Å². The lowest BCUT2D eigenvalue weighted by molar-refractivity contribution is 0.0283. The summed E-state index contributed by atoms with van der Waals surface area (Å²) >= 11 is 0.